The van der Waals surface area contributed by atoms with Crippen LogP contribution in [0.2, 0.25) is 0 Å². The molecule has 3 aliphatic rings. The average Bonchev–Trinajstić information content (AvgIpc) is 3.48. The van der Waals surface area contributed by atoms with Gasteiger partial charge in [0.15, 0.2) is 18.9 Å². The van der Waals surface area contributed by atoms with Gasteiger partial charge in [0.25, 0.3) is 0 Å². The molecule has 0 bridgehead atoms. The van der Waals surface area contributed by atoms with Gasteiger partial charge >= 0.3 is 0 Å². The van der Waals surface area contributed by atoms with Crippen molar-refractivity contribution < 1.29 is 89.4 Å². The molecular weight excluding hydrogens is 1050 g/mol. The predicted octanol–water partition coefficient (Wildman–Crippen LogP) is 6.04. The van der Waals surface area contributed by atoms with Crippen LogP contribution in [0.15, 0.2) is 60.8 Å². The second-order valence-electron chi connectivity index (χ2n) is 22.1. The largest absolute Gasteiger partial charge is 0.394 e. The second kappa shape index (κ2) is 44.9. The van der Waals surface area contributed by atoms with Crippen LogP contribution in [-0.4, -0.2) is 193 Å². The fraction of sp³-hybridized carbons (Fsp3) is 0.823. The summed E-state index contributed by atoms with van der Waals surface area (Å²) in [5, 5.41) is 119. The van der Waals surface area contributed by atoms with Crippen molar-refractivity contribution >= 4 is 5.91 Å². The number of hydrogen-bond acceptors (Lipinski definition) is 18. The van der Waals surface area contributed by atoms with E-state index in [1.807, 2.05) is 6.08 Å². The lowest BCUT2D eigenvalue weighted by Crippen LogP contribution is -2.66. The number of rotatable bonds is 45. The summed E-state index contributed by atoms with van der Waals surface area (Å²) in [4.78, 5) is 13.2. The van der Waals surface area contributed by atoms with Crippen LogP contribution in [0.3, 0.4) is 0 Å². The molecule has 0 aromatic rings. The lowest BCUT2D eigenvalue weighted by atomic mass is 9.96. The first-order chi connectivity index (χ1) is 39.3. The molecule has 81 heavy (non-hydrogen) atoms. The molecule has 3 fully saturated rings. The molecule has 3 aliphatic heterocycles. The van der Waals surface area contributed by atoms with Crippen LogP contribution in [0, 0.1) is 0 Å². The SMILES string of the molecule is CC/C=C\C/C=C\C/C=C\C/C=C\CCCCCCCCCCCCCCCCCCCCC(=O)NC(COC1OC(CO)C(OC2OC(CO)C(OC3OC(CO)C(O)C(O)C3O)C(O)C2O)C(O)C1O)C(O)/C=C/CCCCC. The molecule has 470 valence electrons. The van der Waals surface area contributed by atoms with Crippen molar-refractivity contribution in [1.82, 2.24) is 5.32 Å². The van der Waals surface area contributed by atoms with Gasteiger partial charge in [0.05, 0.1) is 38.6 Å². The highest BCUT2D eigenvalue weighted by molar-refractivity contribution is 5.76. The number of aliphatic hydroxyl groups excluding tert-OH is 11. The van der Waals surface area contributed by atoms with E-state index in [1.165, 1.54) is 96.3 Å². The second-order valence-corrected chi connectivity index (χ2v) is 22.1. The number of allylic oxidation sites excluding steroid dienone is 9. The van der Waals surface area contributed by atoms with Crippen molar-refractivity contribution in [3.63, 3.8) is 0 Å². The highest BCUT2D eigenvalue weighted by atomic mass is 16.8. The van der Waals surface area contributed by atoms with Gasteiger partial charge in [-0.3, -0.25) is 4.79 Å². The van der Waals surface area contributed by atoms with Crippen LogP contribution in [0.5, 0.6) is 0 Å². The fourth-order valence-electron chi connectivity index (χ4n) is 10.2. The molecule has 19 nitrogen and oxygen atoms in total. The molecule has 3 rings (SSSR count). The zero-order chi connectivity index (χ0) is 59.0. The van der Waals surface area contributed by atoms with E-state index in [0.717, 1.165) is 70.6 Å². The molecule has 19 heteroatoms. The van der Waals surface area contributed by atoms with Crippen LogP contribution in [0.1, 0.15) is 194 Å². The van der Waals surface area contributed by atoms with Gasteiger partial charge in [-0.1, -0.05) is 190 Å². The number of hydrogen-bond donors (Lipinski definition) is 12. The Morgan fingerprint density at radius 3 is 1.33 bits per heavy atom. The molecule has 0 aromatic heterocycles. The molecule has 0 radical (unpaired) electrons. The minimum absolute atomic E-state index is 0.241. The van der Waals surface area contributed by atoms with Crippen molar-refractivity contribution in [3.8, 4) is 0 Å². The third kappa shape index (κ3) is 28.5. The molecule has 12 N–H and O–H groups in total. The Morgan fingerprint density at radius 1 is 0.457 bits per heavy atom. The molecule has 3 heterocycles. The molecular formula is C62H109NO18. The molecule has 0 saturated carbocycles. The standard InChI is InChI=1S/C62H109NO18/c1-3-5-7-9-10-11-12-13-14-15-16-17-18-19-20-21-22-23-24-25-26-27-28-29-30-31-32-33-34-36-38-40-50(68)63-45(46(67)39-37-35-8-6-4-2)44-76-60-56(74)53(71)58(48(42-65)78-60)81-62-57(75)54(72)59(49(43-66)79-62)80-61-55(73)52(70)51(69)47(41-64)77-61/h5,7,10-11,13-14,16-17,37,39,45-49,51-62,64-67,69-75H,3-4,6,8-9,12,15,18-36,38,40-44H2,1-2H3,(H,63,68)/b7-5-,11-10-,14-13-,17-16-,39-37+. The molecule has 3 saturated heterocycles. The van der Waals surface area contributed by atoms with Crippen LogP contribution in [-0.2, 0) is 33.2 Å². The molecule has 0 aromatic carbocycles. The normalized spacial score (nSPS) is 30.2. The van der Waals surface area contributed by atoms with E-state index in [0.29, 0.717) is 6.42 Å². The van der Waals surface area contributed by atoms with Gasteiger partial charge < -0.3 is 89.9 Å². The van der Waals surface area contributed by atoms with Crippen molar-refractivity contribution in [3.05, 3.63) is 60.8 Å². The Morgan fingerprint density at radius 2 is 0.852 bits per heavy atom. The maximum atomic E-state index is 13.2. The number of unbranched alkanes of at least 4 members (excludes halogenated alkanes) is 21. The monoisotopic (exact) mass is 1160 g/mol. The van der Waals surface area contributed by atoms with E-state index in [9.17, 15) is 61.0 Å². The number of carbonyl (C=O) groups is 1. The quantitative estimate of drug-likeness (QED) is 0.0244. The van der Waals surface area contributed by atoms with Gasteiger partial charge in [-0.25, -0.2) is 0 Å². The van der Waals surface area contributed by atoms with E-state index < -0.39 is 124 Å². The zero-order valence-corrected chi connectivity index (χ0v) is 49.0. The summed E-state index contributed by atoms with van der Waals surface area (Å²) in [5.74, 6) is -0.284. The van der Waals surface area contributed by atoms with Crippen molar-refractivity contribution in [2.24, 2.45) is 0 Å². The minimum atomic E-state index is -1.98. The van der Waals surface area contributed by atoms with Crippen LogP contribution in [0.4, 0.5) is 0 Å². The Labute approximate surface area is 484 Å². The number of carbonyl (C=O) groups excluding carboxylic acids is 1. The van der Waals surface area contributed by atoms with Crippen LogP contribution >= 0.6 is 0 Å². The van der Waals surface area contributed by atoms with Crippen molar-refractivity contribution in [1.29, 1.82) is 0 Å². The fourth-order valence-corrected chi connectivity index (χ4v) is 10.2. The lowest BCUT2D eigenvalue weighted by molar-refractivity contribution is -0.379. The van der Waals surface area contributed by atoms with Crippen molar-refractivity contribution in [2.45, 2.75) is 298 Å². The molecule has 0 aliphatic carbocycles. The summed E-state index contributed by atoms with van der Waals surface area (Å²) in [5.41, 5.74) is 0. The van der Waals surface area contributed by atoms with Gasteiger partial charge in [-0.15, -0.1) is 0 Å². The third-order valence-electron chi connectivity index (χ3n) is 15.3. The molecule has 17 atom stereocenters. The molecule has 1 amide bonds. The van der Waals surface area contributed by atoms with E-state index in [4.69, 9.17) is 28.4 Å². The number of amides is 1. The highest BCUT2D eigenvalue weighted by Gasteiger charge is 2.53. The smallest absolute Gasteiger partial charge is 0.220 e. The van der Waals surface area contributed by atoms with Gasteiger partial charge in [-0.05, 0) is 57.8 Å². The van der Waals surface area contributed by atoms with Gasteiger partial charge in [0, 0.05) is 6.42 Å². The Bertz CT molecular complexity index is 1710. The highest BCUT2D eigenvalue weighted by Crippen LogP contribution is 2.33. The van der Waals surface area contributed by atoms with E-state index >= 15 is 0 Å². The topological polar surface area (TPSA) is 307 Å². The predicted molar refractivity (Wildman–Crippen MR) is 309 cm³/mol. The Hall–Kier alpha value is -2.51. The zero-order valence-electron chi connectivity index (χ0n) is 49.0. The summed E-state index contributed by atoms with van der Waals surface area (Å²) >= 11 is 0. The first kappa shape index (κ1) is 72.7. The summed E-state index contributed by atoms with van der Waals surface area (Å²) in [6, 6.07) is -0.969. The minimum Gasteiger partial charge on any atom is -0.394 e. The van der Waals surface area contributed by atoms with E-state index in [1.54, 1.807) is 6.08 Å². The van der Waals surface area contributed by atoms with E-state index in [2.05, 4.69) is 67.8 Å². The van der Waals surface area contributed by atoms with Crippen molar-refractivity contribution in [2.75, 3.05) is 26.4 Å². The molecule has 17 unspecified atom stereocenters. The first-order valence-corrected chi connectivity index (χ1v) is 31.0. The Kier molecular flexibility index (Phi) is 40.3. The van der Waals surface area contributed by atoms with Gasteiger partial charge in [-0.2, -0.15) is 0 Å². The summed E-state index contributed by atoms with van der Waals surface area (Å²) in [7, 11) is 0. The van der Waals surface area contributed by atoms with Crippen LogP contribution < -0.4 is 5.32 Å². The summed E-state index contributed by atoms with van der Waals surface area (Å²) in [6.07, 6.45) is 25.9. The molecule has 0 spiro atoms. The van der Waals surface area contributed by atoms with Crippen LogP contribution in [0.25, 0.3) is 0 Å². The first-order valence-electron chi connectivity index (χ1n) is 31.0. The number of aliphatic hydroxyl groups is 11. The number of ether oxygens (including phenoxy) is 6. The Balaban J connectivity index is 1.31. The average molecular weight is 1160 g/mol. The lowest BCUT2D eigenvalue weighted by Gasteiger charge is -2.48. The maximum absolute atomic E-state index is 13.2. The maximum Gasteiger partial charge on any atom is 0.220 e. The van der Waals surface area contributed by atoms with Gasteiger partial charge in [0.1, 0.15) is 73.2 Å². The third-order valence-corrected chi connectivity index (χ3v) is 15.3. The number of nitrogens with one attached hydrogen (secondary N) is 1. The van der Waals surface area contributed by atoms with E-state index in [-0.39, 0.29) is 18.9 Å². The summed E-state index contributed by atoms with van der Waals surface area (Å²) < 4.78 is 34.1. The van der Waals surface area contributed by atoms with Gasteiger partial charge in [0.2, 0.25) is 5.91 Å². The summed E-state index contributed by atoms with van der Waals surface area (Å²) in [6.45, 7) is 1.47.